The Morgan fingerprint density at radius 2 is 0.857 bits per heavy atom. The molecule has 0 nitrogen and oxygen atoms in total. The molecule has 0 aliphatic carbocycles. The van der Waals surface area contributed by atoms with E-state index in [4.69, 9.17) is 0 Å². The van der Waals surface area contributed by atoms with Gasteiger partial charge in [0.25, 0.3) is 0 Å². The molecule has 7 heteroatoms. The van der Waals surface area contributed by atoms with Crippen molar-refractivity contribution in [3.63, 3.8) is 0 Å². The molecule has 0 N–H and O–H groups in total. The van der Waals surface area contributed by atoms with Crippen LogP contribution in [0.2, 0.25) is 0 Å². The average Bonchev–Trinajstić information content (AvgIpc) is 0.592. The van der Waals surface area contributed by atoms with Crippen molar-refractivity contribution in [2.24, 2.45) is 0 Å². The summed E-state index contributed by atoms with van der Waals surface area (Å²) in [6.45, 7) is 0. The molecular weight excluding hydrogens is 205 g/mol. The Morgan fingerprint density at radius 1 is 0.857 bits per heavy atom. The van der Waals surface area contributed by atoms with Crippen molar-refractivity contribution < 1.29 is 17.3 Å². The summed E-state index contributed by atoms with van der Waals surface area (Å²) in [5.74, 6) is 0. The first kappa shape index (κ1) is 7.50. The van der Waals surface area contributed by atoms with E-state index in [-0.39, 0.29) is 0 Å². The average molecular weight is 205 g/mol. The molecule has 0 rings (SSSR count). The first-order chi connectivity index (χ1) is 2.45. The quantitative estimate of drug-likeness (QED) is 0.421. The van der Waals surface area contributed by atoms with Gasteiger partial charge in [0.1, 0.15) is 0 Å². The molecule has 0 aliphatic heterocycles. The van der Waals surface area contributed by atoms with Gasteiger partial charge in [-0.1, -0.05) is 0 Å². The van der Waals surface area contributed by atoms with E-state index < -0.39 is 12.8 Å². The predicted octanol–water partition coefficient (Wildman–Crippen LogP) is 2.41. The molecule has 0 aromatic heterocycles. The molecule has 0 heterocycles. The van der Waals surface area contributed by atoms with Gasteiger partial charge in [-0.3, -0.25) is 0 Å². The van der Waals surface area contributed by atoms with E-state index in [1.807, 2.05) is 0 Å². The molecule has 0 aromatic carbocycles. The van der Waals surface area contributed by atoms with Crippen LogP contribution in [0.15, 0.2) is 0 Å². The van der Waals surface area contributed by atoms with Gasteiger partial charge in [0.15, 0.2) is 0 Å². The Labute approximate surface area is 40.8 Å². The third kappa shape index (κ3) is 529. The van der Waals surface area contributed by atoms with Gasteiger partial charge >= 0.3 is 40.0 Å². The van der Waals surface area contributed by atoms with Gasteiger partial charge in [0.2, 0.25) is 0 Å². The maximum atomic E-state index is 10.3. The summed E-state index contributed by atoms with van der Waals surface area (Å²) in [4.78, 5) is 0. The minimum atomic E-state index is -10.1. The molecule has 0 spiro atoms. The molecule has 0 bridgehead atoms. The molecular formula is AsClF5-. The van der Waals surface area contributed by atoms with Crippen LogP contribution in [0.25, 0.3) is 0 Å². The molecule has 0 saturated carbocycles. The molecule has 0 amide bonds. The van der Waals surface area contributed by atoms with Crippen molar-refractivity contribution in [2.75, 3.05) is 0 Å². The number of hydrogen-bond donors (Lipinski definition) is 0. The predicted molar refractivity (Wildman–Crippen MR) is 17.1 cm³/mol. The Bertz CT molecular complexity index is 66.6. The SMILES string of the molecule is F[As-](F)(F)(F)(F)Cl. The second-order valence-electron chi connectivity index (χ2n) is 0.958. The maximum absolute atomic E-state index is 10.3. The molecule has 0 unspecified atom stereocenters. The van der Waals surface area contributed by atoms with Crippen LogP contribution in [0.4, 0.5) is 17.3 Å². The van der Waals surface area contributed by atoms with E-state index in [2.05, 4.69) is 9.95 Å². The van der Waals surface area contributed by atoms with Crippen LogP contribution in [0, 0.1) is 0 Å². The van der Waals surface area contributed by atoms with Crippen LogP contribution < -0.4 is 0 Å². The van der Waals surface area contributed by atoms with E-state index in [0.29, 0.717) is 0 Å². The van der Waals surface area contributed by atoms with Crippen molar-refractivity contribution >= 4 is 22.7 Å². The van der Waals surface area contributed by atoms with Gasteiger partial charge in [-0.05, 0) is 0 Å². The van der Waals surface area contributed by atoms with E-state index in [1.165, 1.54) is 0 Å². The third-order valence-electron chi connectivity index (χ3n) is 0. The number of hydrogen-bond acceptors (Lipinski definition) is 0. The number of rotatable bonds is 0. The number of halogens is 6. The fourth-order valence-electron chi connectivity index (χ4n) is 0. The normalized spacial score (nSPS) is 23.1. The Kier molecular flexibility index (Phi) is 0.876. The molecule has 0 atom stereocenters. The van der Waals surface area contributed by atoms with Crippen LogP contribution in [0.3, 0.4) is 0 Å². The van der Waals surface area contributed by atoms with E-state index >= 15 is 0 Å². The van der Waals surface area contributed by atoms with Crippen molar-refractivity contribution in [3.8, 4) is 0 Å². The summed E-state index contributed by atoms with van der Waals surface area (Å²) in [7, 11) is 2.88. The van der Waals surface area contributed by atoms with E-state index in [0.717, 1.165) is 0 Å². The van der Waals surface area contributed by atoms with Crippen molar-refractivity contribution in [1.29, 1.82) is 0 Å². The van der Waals surface area contributed by atoms with Gasteiger partial charge in [0, 0.05) is 0 Å². The summed E-state index contributed by atoms with van der Waals surface area (Å²) in [6.07, 6.45) is 0. The van der Waals surface area contributed by atoms with Crippen molar-refractivity contribution in [2.45, 2.75) is 0 Å². The van der Waals surface area contributed by atoms with Crippen molar-refractivity contribution in [1.82, 2.24) is 0 Å². The zero-order chi connectivity index (χ0) is 6.41. The van der Waals surface area contributed by atoms with Gasteiger partial charge < -0.3 is 0 Å². The summed E-state index contributed by atoms with van der Waals surface area (Å²) < 4.78 is 51.7. The molecule has 0 saturated heterocycles. The van der Waals surface area contributed by atoms with Crippen LogP contribution in [0.1, 0.15) is 0 Å². The monoisotopic (exact) mass is 205 g/mol. The molecule has 0 aliphatic rings. The summed E-state index contributed by atoms with van der Waals surface area (Å²) in [5.41, 5.74) is 0. The summed E-state index contributed by atoms with van der Waals surface area (Å²) in [6, 6.07) is 0. The van der Waals surface area contributed by atoms with Gasteiger partial charge in [-0.2, -0.15) is 0 Å². The topological polar surface area (TPSA) is 0 Å². The third-order valence-corrected chi connectivity index (χ3v) is 0. The molecule has 0 radical (unpaired) electrons. The van der Waals surface area contributed by atoms with Crippen LogP contribution >= 0.6 is 9.95 Å². The summed E-state index contributed by atoms with van der Waals surface area (Å²) in [5, 5.41) is 0. The second-order valence-corrected chi connectivity index (χ2v) is 8.30. The minimum absolute atomic E-state index is 2.88. The van der Waals surface area contributed by atoms with Crippen LogP contribution in [-0.4, -0.2) is 12.8 Å². The standard InChI is InChI=1S/AsClF5/c2-1(3,4,5,6)7/q-1. The fraction of sp³-hybridized carbons (Fsp3) is 0. The summed E-state index contributed by atoms with van der Waals surface area (Å²) >= 11 is -10.1. The fourth-order valence-corrected chi connectivity index (χ4v) is 0. The Balaban J connectivity index is 4.43. The van der Waals surface area contributed by atoms with Gasteiger partial charge in [0.05, 0.1) is 0 Å². The zero-order valence-corrected chi connectivity index (χ0v) is 5.35. The van der Waals surface area contributed by atoms with E-state index in [9.17, 15) is 17.3 Å². The molecule has 0 aromatic rings. The Hall–Kier alpha value is 0.498. The zero-order valence-electron chi connectivity index (χ0n) is 2.72. The van der Waals surface area contributed by atoms with Crippen LogP contribution in [-0.2, 0) is 0 Å². The second kappa shape index (κ2) is 0.818. The van der Waals surface area contributed by atoms with Gasteiger partial charge in [-0.25, -0.2) is 0 Å². The molecule has 0 fully saturated rings. The first-order valence-electron chi connectivity index (χ1n) is 1.01. The van der Waals surface area contributed by atoms with Gasteiger partial charge in [-0.15, -0.1) is 0 Å². The van der Waals surface area contributed by atoms with Crippen molar-refractivity contribution in [3.05, 3.63) is 0 Å². The molecule has 48 valence electrons. The Morgan fingerprint density at radius 3 is 0.857 bits per heavy atom. The van der Waals surface area contributed by atoms with Crippen LogP contribution in [0.5, 0.6) is 0 Å². The molecule has 7 heavy (non-hydrogen) atoms. The van der Waals surface area contributed by atoms with E-state index in [1.54, 1.807) is 0 Å². The first-order valence-corrected chi connectivity index (χ1v) is 7.03.